The number of hydrogen-bond donors (Lipinski definition) is 0. The SMILES string of the molecule is BrC1=CCC(c2nc(-c3ccc(Br)cc3)c(-c3ccc(Br)cc3)nc2-c2ccc(Br)cc2)C=C1. The number of hydrogen-bond acceptors (Lipinski definition) is 2. The smallest absolute Gasteiger partial charge is 0.0973 e. The first-order valence-electron chi connectivity index (χ1n) is 10.7. The predicted octanol–water partition coefficient (Wildman–Crippen LogP) is 10.1. The summed E-state index contributed by atoms with van der Waals surface area (Å²) >= 11 is 14.3. The summed E-state index contributed by atoms with van der Waals surface area (Å²) in [5.74, 6) is 0.139. The van der Waals surface area contributed by atoms with E-state index in [1.165, 1.54) is 0 Å². The van der Waals surface area contributed by atoms with Gasteiger partial charge in [0.2, 0.25) is 0 Å². The summed E-state index contributed by atoms with van der Waals surface area (Å²) in [4.78, 5) is 10.6. The molecule has 1 heterocycles. The average Bonchev–Trinajstić information content (AvgIpc) is 2.85. The third-order valence-corrected chi connectivity index (χ3v) is 7.86. The van der Waals surface area contributed by atoms with Gasteiger partial charge in [-0.1, -0.05) is 118 Å². The molecule has 0 spiro atoms. The lowest BCUT2D eigenvalue weighted by Gasteiger charge is -2.21. The number of benzene rings is 3. The molecule has 0 bridgehead atoms. The number of nitrogens with zero attached hydrogens (tertiary/aromatic N) is 2. The quantitative estimate of drug-likeness (QED) is 0.212. The fourth-order valence-corrected chi connectivity index (χ4v) is 5.07. The molecule has 1 aromatic heterocycles. The highest BCUT2D eigenvalue weighted by Gasteiger charge is 2.23. The van der Waals surface area contributed by atoms with E-state index < -0.39 is 0 Å². The average molecular weight is 702 g/mol. The van der Waals surface area contributed by atoms with Crippen LogP contribution in [-0.2, 0) is 0 Å². The molecule has 0 radical (unpaired) electrons. The van der Waals surface area contributed by atoms with Gasteiger partial charge in [-0.15, -0.1) is 0 Å². The Morgan fingerprint density at radius 3 is 1.44 bits per heavy atom. The van der Waals surface area contributed by atoms with Gasteiger partial charge in [-0.05, 0) is 42.8 Å². The van der Waals surface area contributed by atoms with Crippen molar-refractivity contribution >= 4 is 63.7 Å². The molecule has 0 saturated carbocycles. The molecule has 1 aliphatic carbocycles. The summed E-state index contributed by atoms with van der Waals surface area (Å²) in [6.07, 6.45) is 7.37. The van der Waals surface area contributed by atoms with Crippen LogP contribution in [0.4, 0.5) is 0 Å². The van der Waals surface area contributed by atoms with E-state index in [0.29, 0.717) is 0 Å². The van der Waals surface area contributed by atoms with Crippen LogP contribution in [0.1, 0.15) is 18.0 Å². The van der Waals surface area contributed by atoms with Crippen molar-refractivity contribution in [2.45, 2.75) is 12.3 Å². The molecule has 2 nitrogen and oxygen atoms in total. The van der Waals surface area contributed by atoms with Gasteiger partial charge in [0, 0.05) is 40.5 Å². The summed E-state index contributed by atoms with van der Waals surface area (Å²) < 4.78 is 4.20. The van der Waals surface area contributed by atoms with Gasteiger partial charge in [0.15, 0.2) is 0 Å². The maximum absolute atomic E-state index is 5.32. The minimum Gasteiger partial charge on any atom is -0.248 e. The van der Waals surface area contributed by atoms with Crippen molar-refractivity contribution in [3.63, 3.8) is 0 Å². The Kier molecular flexibility index (Phi) is 7.30. The van der Waals surface area contributed by atoms with Gasteiger partial charge in [-0.25, -0.2) is 9.97 Å². The van der Waals surface area contributed by atoms with E-state index in [4.69, 9.17) is 9.97 Å². The second kappa shape index (κ2) is 10.4. The van der Waals surface area contributed by atoms with Crippen molar-refractivity contribution in [2.24, 2.45) is 0 Å². The zero-order valence-corrected chi connectivity index (χ0v) is 24.2. The number of halogens is 4. The van der Waals surface area contributed by atoms with Crippen LogP contribution >= 0.6 is 63.7 Å². The summed E-state index contributed by atoms with van der Waals surface area (Å²) in [5.41, 5.74) is 6.75. The lowest BCUT2D eigenvalue weighted by Crippen LogP contribution is -2.08. The van der Waals surface area contributed by atoms with Crippen molar-refractivity contribution in [3.05, 3.63) is 115 Å². The van der Waals surface area contributed by atoms with E-state index in [-0.39, 0.29) is 5.92 Å². The lowest BCUT2D eigenvalue weighted by atomic mass is 9.92. The molecule has 1 unspecified atom stereocenters. The van der Waals surface area contributed by atoms with Crippen LogP contribution in [0, 0.1) is 0 Å². The van der Waals surface area contributed by atoms with Gasteiger partial charge >= 0.3 is 0 Å². The van der Waals surface area contributed by atoms with Crippen molar-refractivity contribution < 1.29 is 0 Å². The molecule has 0 saturated heterocycles. The van der Waals surface area contributed by atoms with Crippen molar-refractivity contribution in [3.8, 4) is 33.8 Å². The third kappa shape index (κ3) is 5.20. The molecular formula is C28H18Br4N2. The molecule has 168 valence electrons. The lowest BCUT2D eigenvalue weighted by molar-refractivity contribution is 0.811. The zero-order chi connectivity index (χ0) is 23.7. The van der Waals surface area contributed by atoms with E-state index in [1.54, 1.807) is 0 Å². The molecule has 0 amide bonds. The first-order valence-corrected chi connectivity index (χ1v) is 13.9. The van der Waals surface area contributed by atoms with Gasteiger partial charge in [-0.2, -0.15) is 0 Å². The Morgan fingerprint density at radius 1 is 0.559 bits per heavy atom. The van der Waals surface area contributed by atoms with Crippen LogP contribution in [0.5, 0.6) is 0 Å². The minimum absolute atomic E-state index is 0.139. The number of rotatable bonds is 4. The van der Waals surface area contributed by atoms with E-state index in [9.17, 15) is 0 Å². The molecule has 34 heavy (non-hydrogen) atoms. The summed E-state index contributed by atoms with van der Waals surface area (Å²) in [6.45, 7) is 0. The van der Waals surface area contributed by atoms with Crippen LogP contribution in [-0.4, -0.2) is 9.97 Å². The molecule has 5 rings (SSSR count). The van der Waals surface area contributed by atoms with E-state index in [1.807, 2.05) is 24.3 Å². The Balaban J connectivity index is 1.78. The maximum atomic E-state index is 5.32. The Labute approximate surface area is 232 Å². The Morgan fingerprint density at radius 2 is 1.00 bits per heavy atom. The van der Waals surface area contributed by atoms with E-state index in [2.05, 4.69) is 130 Å². The minimum atomic E-state index is 0.139. The Hall–Kier alpha value is -1.86. The Bertz CT molecular complexity index is 1390. The van der Waals surface area contributed by atoms with Crippen molar-refractivity contribution in [1.82, 2.24) is 9.97 Å². The molecule has 4 aromatic rings. The van der Waals surface area contributed by atoms with Crippen LogP contribution in [0.2, 0.25) is 0 Å². The highest BCUT2D eigenvalue weighted by atomic mass is 79.9. The van der Waals surface area contributed by atoms with Gasteiger partial charge in [-0.3, -0.25) is 0 Å². The summed E-state index contributed by atoms with van der Waals surface area (Å²) in [7, 11) is 0. The highest BCUT2D eigenvalue weighted by molar-refractivity contribution is 9.12. The second-order valence-corrected chi connectivity index (χ2v) is 11.6. The topological polar surface area (TPSA) is 25.8 Å². The second-order valence-electron chi connectivity index (χ2n) is 7.97. The van der Waals surface area contributed by atoms with E-state index in [0.717, 1.165) is 63.8 Å². The zero-order valence-electron chi connectivity index (χ0n) is 17.9. The van der Waals surface area contributed by atoms with Gasteiger partial charge in [0.25, 0.3) is 0 Å². The summed E-state index contributed by atoms with van der Waals surface area (Å²) in [6, 6.07) is 24.8. The van der Waals surface area contributed by atoms with E-state index >= 15 is 0 Å². The third-order valence-electron chi connectivity index (χ3n) is 5.68. The molecule has 3 aromatic carbocycles. The van der Waals surface area contributed by atoms with Crippen molar-refractivity contribution in [2.75, 3.05) is 0 Å². The van der Waals surface area contributed by atoms with Gasteiger partial charge in [0.05, 0.1) is 22.8 Å². The van der Waals surface area contributed by atoms with Crippen LogP contribution in [0.25, 0.3) is 33.8 Å². The fourth-order valence-electron chi connectivity index (χ4n) is 3.94. The molecule has 0 aliphatic heterocycles. The first kappa shape index (κ1) is 23.9. The normalized spacial score (nSPS) is 15.3. The standard InChI is InChI=1S/C28H18Br4N2/c29-21-9-1-17(2-10-21)25-26(18-3-11-22(30)12-4-18)34-28(20-7-15-24(32)16-8-20)27(33-25)19-5-13-23(31)14-6-19/h1-7,9-16,20H,8H2. The van der Waals surface area contributed by atoms with Crippen LogP contribution < -0.4 is 0 Å². The van der Waals surface area contributed by atoms with Gasteiger partial charge in [0.1, 0.15) is 0 Å². The molecule has 0 N–H and O–H groups in total. The van der Waals surface area contributed by atoms with Crippen molar-refractivity contribution in [1.29, 1.82) is 0 Å². The predicted molar refractivity (Wildman–Crippen MR) is 155 cm³/mol. The molecular weight excluding hydrogens is 684 g/mol. The van der Waals surface area contributed by atoms with Crippen LogP contribution in [0.3, 0.4) is 0 Å². The number of aromatic nitrogens is 2. The molecule has 1 atom stereocenters. The summed E-state index contributed by atoms with van der Waals surface area (Å²) in [5, 5.41) is 0. The molecule has 1 aliphatic rings. The number of allylic oxidation sites excluding steroid dienone is 4. The first-order chi connectivity index (χ1) is 16.5. The van der Waals surface area contributed by atoms with Crippen LogP contribution in [0.15, 0.2) is 109 Å². The molecule has 0 fully saturated rings. The largest absolute Gasteiger partial charge is 0.248 e. The maximum Gasteiger partial charge on any atom is 0.0973 e. The van der Waals surface area contributed by atoms with Gasteiger partial charge < -0.3 is 0 Å². The monoisotopic (exact) mass is 698 g/mol. The highest BCUT2D eigenvalue weighted by Crippen LogP contribution is 2.39. The fraction of sp³-hybridized carbons (Fsp3) is 0.0714. The molecule has 6 heteroatoms.